The quantitative estimate of drug-likeness (QED) is 0.263. The van der Waals surface area contributed by atoms with Crippen LogP contribution in [-0.4, -0.2) is 37.6 Å². The number of anilines is 1. The Kier molecular flexibility index (Phi) is 6.39. The first-order valence-corrected chi connectivity index (χ1v) is 14.4. The molecule has 208 valence electrons. The smallest absolute Gasteiger partial charge is 0.282 e. The van der Waals surface area contributed by atoms with Gasteiger partial charge in [0.1, 0.15) is 29.1 Å². The van der Waals surface area contributed by atoms with Gasteiger partial charge in [0.05, 0.1) is 22.9 Å². The van der Waals surface area contributed by atoms with Crippen molar-refractivity contribution in [3.8, 4) is 16.8 Å². The van der Waals surface area contributed by atoms with Crippen molar-refractivity contribution in [3.05, 3.63) is 106 Å². The Bertz CT molecular complexity index is 2100. The third kappa shape index (κ3) is 4.96. The van der Waals surface area contributed by atoms with E-state index in [2.05, 4.69) is 20.3 Å². The first-order chi connectivity index (χ1) is 19.6. The van der Waals surface area contributed by atoms with Crippen LogP contribution in [0.25, 0.3) is 33.4 Å². The Labute approximate surface area is 233 Å². The summed E-state index contributed by atoms with van der Waals surface area (Å²) in [7, 11) is -3.87. The lowest BCUT2D eigenvalue weighted by atomic mass is 10.0. The number of primary sulfonamides is 1. The zero-order valence-corrected chi connectivity index (χ0v) is 22.9. The first kappa shape index (κ1) is 26.3. The number of hydrogen-bond acceptors (Lipinski definition) is 7. The van der Waals surface area contributed by atoms with Crippen LogP contribution < -0.4 is 16.0 Å². The van der Waals surface area contributed by atoms with Crippen molar-refractivity contribution >= 4 is 32.4 Å². The Balaban J connectivity index is 1.47. The molecule has 0 fully saturated rings. The molecule has 13 heteroatoms. The van der Waals surface area contributed by atoms with Gasteiger partial charge in [-0.1, -0.05) is 18.2 Å². The van der Waals surface area contributed by atoms with Crippen molar-refractivity contribution in [3.63, 3.8) is 0 Å². The molecule has 4 heterocycles. The second kappa shape index (κ2) is 9.94. The molecule has 4 N–H and O–H groups in total. The number of sulfonamides is 1. The van der Waals surface area contributed by atoms with E-state index in [1.54, 1.807) is 27.5 Å². The minimum atomic E-state index is -3.87. The third-order valence-electron chi connectivity index (χ3n) is 6.77. The minimum Gasteiger partial charge on any atom is -0.360 e. The van der Waals surface area contributed by atoms with Gasteiger partial charge in [0.25, 0.3) is 5.56 Å². The monoisotopic (exact) mass is 572 g/mol. The number of para-hydroxylation sites is 1. The van der Waals surface area contributed by atoms with E-state index in [-0.39, 0.29) is 11.1 Å². The fourth-order valence-corrected chi connectivity index (χ4v) is 5.66. The topological polar surface area (TPSA) is 153 Å². The lowest BCUT2D eigenvalue weighted by Crippen LogP contribution is -2.29. The van der Waals surface area contributed by atoms with Crippen LogP contribution in [-0.2, 0) is 15.8 Å². The van der Waals surface area contributed by atoms with Gasteiger partial charge in [0.15, 0.2) is 5.82 Å². The van der Waals surface area contributed by atoms with Gasteiger partial charge in [-0.05, 0) is 66.9 Å². The number of rotatable bonds is 7. The van der Waals surface area contributed by atoms with Crippen LogP contribution in [0, 0.1) is 12.7 Å². The molecule has 2 aromatic carbocycles. The number of aryl methyl sites for hydroxylation is 1. The molecule has 0 aliphatic heterocycles. The van der Waals surface area contributed by atoms with Crippen LogP contribution in [0.2, 0.25) is 0 Å². The van der Waals surface area contributed by atoms with Gasteiger partial charge in [0, 0.05) is 18.0 Å². The summed E-state index contributed by atoms with van der Waals surface area (Å²) in [5.74, 6) is -0.271. The molecule has 0 bridgehead atoms. The van der Waals surface area contributed by atoms with Crippen LogP contribution in [0.3, 0.4) is 0 Å². The fraction of sp³-hybridized carbons (Fsp3) is 0.143. The summed E-state index contributed by atoms with van der Waals surface area (Å²) >= 11 is 0. The zero-order chi connectivity index (χ0) is 28.9. The van der Waals surface area contributed by atoms with E-state index in [0.29, 0.717) is 45.0 Å². The van der Waals surface area contributed by atoms with E-state index in [1.165, 1.54) is 12.4 Å². The number of hydrogen-bond donors (Lipinski definition) is 3. The minimum absolute atomic E-state index is 0.211. The summed E-state index contributed by atoms with van der Waals surface area (Å²) < 4.78 is 41.0. The summed E-state index contributed by atoms with van der Waals surface area (Å²) in [6.07, 6.45) is 4.78. The highest BCUT2D eigenvalue weighted by Crippen LogP contribution is 2.34. The predicted octanol–water partition coefficient (Wildman–Crippen LogP) is 3.83. The van der Waals surface area contributed by atoms with Crippen LogP contribution in [0.5, 0.6) is 0 Å². The van der Waals surface area contributed by atoms with Gasteiger partial charge in [-0.2, -0.15) is 5.10 Å². The highest BCUT2D eigenvalue weighted by molar-refractivity contribution is 7.88. The molecule has 0 saturated carbocycles. The zero-order valence-electron chi connectivity index (χ0n) is 22.0. The molecule has 4 aromatic heterocycles. The van der Waals surface area contributed by atoms with E-state index >= 15 is 0 Å². The summed E-state index contributed by atoms with van der Waals surface area (Å²) in [6, 6.07) is 14.5. The number of fused-ring (bicyclic) bond motifs is 2. The number of aromatic amines is 1. The Morgan fingerprint density at radius 1 is 1.12 bits per heavy atom. The van der Waals surface area contributed by atoms with E-state index in [1.807, 2.05) is 50.2 Å². The number of halogens is 1. The molecule has 6 rings (SSSR count). The molecule has 41 heavy (non-hydrogen) atoms. The van der Waals surface area contributed by atoms with Crippen molar-refractivity contribution in [1.29, 1.82) is 0 Å². The number of benzene rings is 2. The second-order valence-electron chi connectivity index (χ2n) is 9.80. The fourth-order valence-electron chi connectivity index (χ4n) is 5.03. The van der Waals surface area contributed by atoms with Gasteiger partial charge in [0.2, 0.25) is 10.0 Å². The van der Waals surface area contributed by atoms with Crippen LogP contribution in [0.4, 0.5) is 10.2 Å². The summed E-state index contributed by atoms with van der Waals surface area (Å²) in [5, 5.41) is 13.9. The van der Waals surface area contributed by atoms with Crippen LogP contribution in [0.1, 0.15) is 29.9 Å². The molecule has 0 saturated heterocycles. The van der Waals surface area contributed by atoms with Gasteiger partial charge in [-0.15, -0.1) is 0 Å². The highest BCUT2D eigenvalue weighted by atomic mass is 32.2. The second-order valence-corrected chi connectivity index (χ2v) is 11.4. The van der Waals surface area contributed by atoms with Gasteiger partial charge < -0.3 is 10.3 Å². The molecule has 0 aliphatic carbocycles. The normalized spacial score (nSPS) is 12.7. The molecule has 0 spiro atoms. The van der Waals surface area contributed by atoms with E-state index < -0.39 is 27.6 Å². The molecular weight excluding hydrogens is 547 g/mol. The maximum Gasteiger partial charge on any atom is 0.282 e. The first-order valence-electron chi connectivity index (χ1n) is 12.6. The maximum atomic E-state index is 14.6. The molecule has 1 atom stereocenters. The summed E-state index contributed by atoms with van der Waals surface area (Å²) in [4.78, 5) is 25.5. The van der Waals surface area contributed by atoms with Crippen LogP contribution >= 0.6 is 0 Å². The standard InChI is InChI=1S/C28H25FN8O3S/c1-16-8-9-36-24(16)28(38)37(21-6-4-3-5-7-21)27(35-36)17(2)34-26-23-22(13-31-25(23)32-15-33-26)19-10-18(11-20(29)12-19)14-41(30,39)40/h3-13,15,17H,14H2,1-2H3,(H2,30,39,40)(H2,31,32,33,34)/t17-/m0/s1. The number of nitrogens with two attached hydrogens (primary N) is 1. The predicted molar refractivity (Wildman–Crippen MR) is 154 cm³/mol. The molecule has 0 amide bonds. The Morgan fingerprint density at radius 2 is 1.90 bits per heavy atom. The summed E-state index contributed by atoms with van der Waals surface area (Å²) in [6.45, 7) is 3.72. The Hall–Kier alpha value is -4.88. The van der Waals surface area contributed by atoms with E-state index in [9.17, 15) is 17.6 Å². The lowest BCUT2D eigenvalue weighted by Gasteiger charge is -2.20. The van der Waals surface area contributed by atoms with Crippen molar-refractivity contribution in [2.45, 2.75) is 25.6 Å². The van der Waals surface area contributed by atoms with Crippen molar-refractivity contribution in [2.75, 3.05) is 5.32 Å². The molecule has 0 radical (unpaired) electrons. The largest absolute Gasteiger partial charge is 0.360 e. The van der Waals surface area contributed by atoms with Gasteiger partial charge in [-0.25, -0.2) is 32.4 Å². The van der Waals surface area contributed by atoms with E-state index in [0.717, 1.165) is 11.6 Å². The third-order valence-corrected chi connectivity index (χ3v) is 7.51. The number of H-pyrrole nitrogens is 1. The highest BCUT2D eigenvalue weighted by Gasteiger charge is 2.22. The summed E-state index contributed by atoms with van der Waals surface area (Å²) in [5.41, 5.74) is 3.40. The number of nitrogens with zero attached hydrogens (tertiary/aromatic N) is 5. The number of nitrogens with one attached hydrogen (secondary N) is 2. The van der Waals surface area contributed by atoms with Crippen molar-refractivity contribution in [1.82, 2.24) is 29.1 Å². The average Bonchev–Trinajstić information content (AvgIpc) is 3.52. The van der Waals surface area contributed by atoms with E-state index in [4.69, 9.17) is 10.2 Å². The molecule has 0 unspecified atom stereocenters. The lowest BCUT2D eigenvalue weighted by molar-refractivity contribution is 0.596. The SMILES string of the molecule is Cc1ccn2nc([C@H](C)Nc3ncnc4[nH]cc(-c5cc(F)cc(CS(N)(=O)=O)c5)c34)n(-c3ccccc3)c(=O)c12. The van der Waals surface area contributed by atoms with Crippen molar-refractivity contribution < 1.29 is 12.8 Å². The number of aromatic nitrogens is 6. The maximum absolute atomic E-state index is 14.6. The Morgan fingerprint density at radius 3 is 2.66 bits per heavy atom. The molecule has 0 aliphatic rings. The van der Waals surface area contributed by atoms with Gasteiger partial charge in [-0.3, -0.25) is 9.36 Å². The molecule has 11 nitrogen and oxygen atoms in total. The van der Waals surface area contributed by atoms with Gasteiger partial charge >= 0.3 is 0 Å². The van der Waals surface area contributed by atoms with Crippen LogP contribution in [0.15, 0.2) is 78.1 Å². The van der Waals surface area contributed by atoms with Crippen molar-refractivity contribution in [2.24, 2.45) is 5.14 Å². The molecular formula is C28H25FN8O3S. The molecule has 6 aromatic rings. The average molecular weight is 573 g/mol.